The highest BCUT2D eigenvalue weighted by atomic mass is 16.6. The Kier molecular flexibility index (Phi) is 7.69. The summed E-state index contributed by atoms with van der Waals surface area (Å²) in [6.45, 7) is 12.1. The fourth-order valence-corrected chi connectivity index (χ4v) is 3.10. The van der Waals surface area contributed by atoms with Gasteiger partial charge in [-0.1, -0.05) is 12.0 Å². The smallest absolute Gasteiger partial charge is 0.410 e. The van der Waals surface area contributed by atoms with Crippen LogP contribution >= 0.6 is 0 Å². The Morgan fingerprint density at radius 3 is 2.76 bits per heavy atom. The molecule has 0 atom stereocenters. The van der Waals surface area contributed by atoms with E-state index in [9.17, 15) is 4.79 Å². The molecule has 8 nitrogen and oxygen atoms in total. The first-order valence-corrected chi connectivity index (χ1v) is 10.8. The third-order valence-corrected chi connectivity index (χ3v) is 4.81. The summed E-state index contributed by atoms with van der Waals surface area (Å²) in [6.07, 6.45) is 10.3. The first-order valence-electron chi connectivity index (χ1n) is 10.8. The quantitative estimate of drug-likeness (QED) is 0.401. The molecule has 1 aromatic carbocycles. The highest BCUT2D eigenvalue weighted by Crippen LogP contribution is 2.21. The fraction of sp³-hybridized carbons (Fsp3) is 0.308. The van der Waals surface area contributed by atoms with Gasteiger partial charge in [0, 0.05) is 37.2 Å². The molecule has 1 aromatic heterocycles. The van der Waals surface area contributed by atoms with Crippen molar-refractivity contribution in [2.45, 2.75) is 39.3 Å². The lowest BCUT2D eigenvalue weighted by Gasteiger charge is -2.40. The Balaban J connectivity index is 1.60. The van der Waals surface area contributed by atoms with Gasteiger partial charge in [-0.2, -0.15) is 0 Å². The van der Waals surface area contributed by atoms with Crippen LogP contribution in [0, 0.1) is 12.3 Å². The number of hydrogen-bond acceptors (Lipinski definition) is 6. The fourth-order valence-electron chi connectivity index (χ4n) is 3.10. The van der Waals surface area contributed by atoms with Crippen LogP contribution in [0.4, 0.5) is 10.5 Å². The standard InChI is InChI=1S/C26H29N5O3/c1-7-19-9-8-10-23(11-19)33-24(27-6)29-13-18(2)20-12-21(15-28-14-20)30-22-16-31(17-22)25(32)34-26(3,4)5/h1,8-15,22,30H,6,16-17H2,2-5H3/b18-13+,29-24+. The van der Waals surface area contributed by atoms with E-state index in [-0.39, 0.29) is 18.2 Å². The monoisotopic (exact) mass is 459 g/mol. The molecule has 2 aromatic rings. The number of benzene rings is 1. The molecule has 1 amide bonds. The number of anilines is 1. The zero-order valence-electron chi connectivity index (χ0n) is 19.9. The first kappa shape index (κ1) is 24.5. The van der Waals surface area contributed by atoms with Crippen molar-refractivity contribution >= 4 is 30.1 Å². The van der Waals surface area contributed by atoms with E-state index >= 15 is 0 Å². The minimum Gasteiger partial charge on any atom is -0.444 e. The Labute approximate surface area is 200 Å². The van der Waals surface area contributed by atoms with Gasteiger partial charge in [0.2, 0.25) is 0 Å². The van der Waals surface area contributed by atoms with Gasteiger partial charge in [0.1, 0.15) is 11.4 Å². The number of carbonyl (C=O) groups excluding carboxylic acids is 1. The highest BCUT2D eigenvalue weighted by Gasteiger charge is 2.33. The van der Waals surface area contributed by atoms with Crippen molar-refractivity contribution in [3.63, 3.8) is 0 Å². The van der Waals surface area contributed by atoms with Crippen molar-refractivity contribution in [1.82, 2.24) is 9.88 Å². The molecule has 2 heterocycles. The normalized spacial score (nSPS) is 14.6. The number of ether oxygens (including phenoxy) is 2. The maximum absolute atomic E-state index is 12.1. The SMILES string of the molecule is C#Cc1cccc(O/C(N=C)=N/C=C(\C)c2cncc(NC3CN(C(=O)OC(C)(C)C)C3)c2)c1. The third-order valence-electron chi connectivity index (χ3n) is 4.81. The van der Waals surface area contributed by atoms with Gasteiger partial charge >= 0.3 is 12.1 Å². The summed E-state index contributed by atoms with van der Waals surface area (Å²) in [4.78, 5) is 26.2. The second-order valence-corrected chi connectivity index (χ2v) is 8.85. The number of hydrogen-bond donors (Lipinski definition) is 1. The van der Waals surface area contributed by atoms with E-state index in [1.807, 2.05) is 39.8 Å². The molecule has 0 radical (unpaired) electrons. The number of pyridine rings is 1. The van der Waals surface area contributed by atoms with Crippen molar-refractivity contribution in [3.05, 3.63) is 60.1 Å². The lowest BCUT2D eigenvalue weighted by molar-refractivity contribution is 0.0105. The molecule has 3 rings (SSSR count). The first-order chi connectivity index (χ1) is 16.2. The van der Waals surface area contributed by atoms with E-state index in [0.717, 1.165) is 16.8 Å². The van der Waals surface area contributed by atoms with Crippen LogP contribution in [0.15, 0.2) is 58.9 Å². The van der Waals surface area contributed by atoms with Crippen molar-refractivity contribution in [2.24, 2.45) is 9.98 Å². The molecule has 0 aliphatic carbocycles. The number of rotatable bonds is 5. The molecular weight excluding hydrogens is 430 g/mol. The molecule has 176 valence electrons. The van der Waals surface area contributed by atoms with Crippen LogP contribution in [-0.4, -0.2) is 53.4 Å². The molecule has 1 aliphatic heterocycles. The van der Waals surface area contributed by atoms with Crippen molar-refractivity contribution in [3.8, 4) is 18.1 Å². The highest BCUT2D eigenvalue weighted by molar-refractivity contribution is 5.82. The molecule has 34 heavy (non-hydrogen) atoms. The topological polar surface area (TPSA) is 88.4 Å². The van der Waals surface area contributed by atoms with Gasteiger partial charge in [0.05, 0.1) is 11.7 Å². The number of carbonyl (C=O) groups is 1. The molecule has 1 fully saturated rings. The summed E-state index contributed by atoms with van der Waals surface area (Å²) < 4.78 is 11.1. The van der Waals surface area contributed by atoms with Gasteiger partial charge in [-0.15, -0.1) is 6.42 Å². The van der Waals surface area contributed by atoms with Gasteiger partial charge in [-0.25, -0.2) is 14.8 Å². The second-order valence-electron chi connectivity index (χ2n) is 8.85. The zero-order valence-corrected chi connectivity index (χ0v) is 19.9. The van der Waals surface area contributed by atoms with Crippen LogP contribution in [0.3, 0.4) is 0 Å². The molecule has 0 unspecified atom stereocenters. The van der Waals surface area contributed by atoms with E-state index < -0.39 is 5.60 Å². The summed E-state index contributed by atoms with van der Waals surface area (Å²) >= 11 is 0. The van der Waals surface area contributed by atoms with Crippen LogP contribution in [0.5, 0.6) is 5.75 Å². The van der Waals surface area contributed by atoms with Crippen LogP contribution in [0.1, 0.15) is 38.8 Å². The van der Waals surface area contributed by atoms with Gasteiger partial charge < -0.3 is 19.7 Å². The average molecular weight is 460 g/mol. The molecule has 0 bridgehead atoms. The third kappa shape index (κ3) is 6.94. The number of aliphatic imine (C=N–C) groups is 2. The van der Waals surface area contributed by atoms with E-state index in [4.69, 9.17) is 15.9 Å². The van der Waals surface area contributed by atoms with Crippen LogP contribution < -0.4 is 10.1 Å². The Bertz CT molecular complexity index is 1150. The van der Waals surface area contributed by atoms with E-state index in [1.54, 1.807) is 41.7 Å². The summed E-state index contributed by atoms with van der Waals surface area (Å²) in [7, 11) is 0. The number of nitrogens with zero attached hydrogens (tertiary/aromatic N) is 4. The van der Waals surface area contributed by atoms with E-state index in [1.165, 1.54) is 0 Å². The number of nitrogens with one attached hydrogen (secondary N) is 1. The Morgan fingerprint density at radius 2 is 2.09 bits per heavy atom. The average Bonchev–Trinajstić information content (AvgIpc) is 2.77. The molecule has 1 N–H and O–H groups in total. The predicted octanol–water partition coefficient (Wildman–Crippen LogP) is 4.59. The number of allylic oxidation sites excluding steroid dienone is 1. The molecule has 0 spiro atoms. The number of aromatic nitrogens is 1. The van der Waals surface area contributed by atoms with Gasteiger partial charge in [-0.3, -0.25) is 4.98 Å². The molecule has 1 saturated heterocycles. The lowest BCUT2D eigenvalue weighted by Crippen LogP contribution is -2.57. The van der Waals surface area contributed by atoms with Crippen molar-refractivity contribution < 1.29 is 14.3 Å². The van der Waals surface area contributed by atoms with Gasteiger partial charge in [-0.05, 0) is 69.8 Å². The second kappa shape index (κ2) is 10.7. The summed E-state index contributed by atoms with van der Waals surface area (Å²) in [5.74, 6) is 3.09. The number of likely N-dealkylation sites (tertiary alicyclic amines) is 1. The molecular formula is C26H29N5O3. The lowest BCUT2D eigenvalue weighted by atomic mass is 10.1. The summed E-state index contributed by atoms with van der Waals surface area (Å²) in [5, 5.41) is 3.40. The van der Waals surface area contributed by atoms with Crippen LogP contribution in [0.2, 0.25) is 0 Å². The molecule has 8 heteroatoms. The van der Waals surface area contributed by atoms with E-state index in [0.29, 0.717) is 24.4 Å². The molecule has 0 saturated carbocycles. The number of amidine groups is 1. The summed E-state index contributed by atoms with van der Waals surface area (Å²) in [5.41, 5.74) is 2.80. The predicted molar refractivity (Wildman–Crippen MR) is 135 cm³/mol. The maximum Gasteiger partial charge on any atom is 0.410 e. The van der Waals surface area contributed by atoms with Crippen LogP contribution in [-0.2, 0) is 4.74 Å². The Morgan fingerprint density at radius 1 is 1.32 bits per heavy atom. The summed E-state index contributed by atoms with van der Waals surface area (Å²) in [6, 6.07) is 9.31. The van der Waals surface area contributed by atoms with Crippen molar-refractivity contribution in [2.75, 3.05) is 18.4 Å². The minimum absolute atomic E-state index is 0.104. The largest absolute Gasteiger partial charge is 0.444 e. The van der Waals surface area contributed by atoms with Crippen LogP contribution in [0.25, 0.3) is 5.57 Å². The van der Waals surface area contributed by atoms with E-state index in [2.05, 4.69) is 32.9 Å². The number of amides is 1. The molecule has 1 aliphatic rings. The minimum atomic E-state index is -0.502. The van der Waals surface area contributed by atoms with Gasteiger partial charge in [0.25, 0.3) is 0 Å². The van der Waals surface area contributed by atoms with Gasteiger partial charge in [0.15, 0.2) is 0 Å². The van der Waals surface area contributed by atoms with Crippen molar-refractivity contribution in [1.29, 1.82) is 0 Å². The zero-order chi connectivity index (χ0) is 24.7. The maximum atomic E-state index is 12.1. The Hall–Kier alpha value is -4.12. The number of terminal acetylenes is 1.